The van der Waals surface area contributed by atoms with Crippen LogP contribution in [0, 0.1) is 5.92 Å². The molecule has 0 saturated carbocycles. The van der Waals surface area contributed by atoms with Gasteiger partial charge in [-0.15, -0.1) is 0 Å². The van der Waals surface area contributed by atoms with E-state index in [2.05, 4.69) is 35.8 Å². The maximum atomic E-state index is 13.3. The van der Waals surface area contributed by atoms with Crippen molar-refractivity contribution >= 4 is 50.7 Å². The minimum absolute atomic E-state index is 0.0158. The zero-order valence-electron chi connectivity index (χ0n) is 15.2. The van der Waals surface area contributed by atoms with Gasteiger partial charge >= 0.3 is 0 Å². The van der Waals surface area contributed by atoms with Gasteiger partial charge in [0.1, 0.15) is 0 Å². The molecule has 4 rings (SSSR count). The Morgan fingerprint density at radius 2 is 2.00 bits per heavy atom. The van der Waals surface area contributed by atoms with E-state index in [9.17, 15) is 9.59 Å². The quantitative estimate of drug-likeness (QED) is 0.665. The number of hydrogen-bond acceptors (Lipinski definition) is 2. The van der Waals surface area contributed by atoms with Crippen LogP contribution in [0.25, 0.3) is 0 Å². The van der Waals surface area contributed by atoms with Crippen molar-refractivity contribution in [3.05, 3.63) is 57.5 Å². The molecular formula is C21H20BrClN2O2. The van der Waals surface area contributed by atoms with Crippen molar-refractivity contribution in [2.75, 3.05) is 22.9 Å². The van der Waals surface area contributed by atoms with Crippen LogP contribution in [-0.4, -0.2) is 24.9 Å². The van der Waals surface area contributed by atoms with Crippen LogP contribution in [0.2, 0.25) is 5.02 Å². The van der Waals surface area contributed by atoms with Gasteiger partial charge in [-0.25, -0.2) is 0 Å². The summed E-state index contributed by atoms with van der Waals surface area (Å²) in [6.07, 6.45) is 0.230. The fraction of sp³-hybridized carbons (Fsp3) is 0.333. The monoisotopic (exact) mass is 446 g/mol. The third-order valence-electron chi connectivity index (χ3n) is 5.39. The van der Waals surface area contributed by atoms with Crippen LogP contribution in [0.1, 0.15) is 25.8 Å². The number of halogens is 2. The van der Waals surface area contributed by atoms with Crippen molar-refractivity contribution < 1.29 is 9.59 Å². The highest BCUT2D eigenvalue weighted by Gasteiger charge is 2.43. The Kier molecular flexibility index (Phi) is 4.55. The summed E-state index contributed by atoms with van der Waals surface area (Å²) in [5, 5.41) is 0.580. The molecule has 1 fully saturated rings. The Hall–Kier alpha value is -1.85. The lowest BCUT2D eigenvalue weighted by Crippen LogP contribution is -2.39. The highest BCUT2D eigenvalue weighted by atomic mass is 79.9. The van der Waals surface area contributed by atoms with Crippen molar-refractivity contribution in [2.24, 2.45) is 5.92 Å². The molecule has 2 heterocycles. The number of carbonyl (C=O) groups excluding carboxylic acids is 2. The lowest BCUT2D eigenvalue weighted by molar-refractivity contribution is -0.124. The first kappa shape index (κ1) is 18.5. The Balaban J connectivity index is 1.59. The van der Waals surface area contributed by atoms with Crippen molar-refractivity contribution in [3.8, 4) is 0 Å². The molecule has 0 radical (unpaired) electrons. The fourth-order valence-electron chi connectivity index (χ4n) is 4.03. The van der Waals surface area contributed by atoms with E-state index in [0.29, 0.717) is 18.1 Å². The van der Waals surface area contributed by atoms with Crippen LogP contribution < -0.4 is 9.80 Å². The van der Waals surface area contributed by atoms with Gasteiger partial charge in [0, 0.05) is 45.8 Å². The second-order valence-corrected chi connectivity index (χ2v) is 9.21. The van der Waals surface area contributed by atoms with E-state index >= 15 is 0 Å². The van der Waals surface area contributed by atoms with E-state index in [1.807, 2.05) is 29.2 Å². The number of amides is 2. The average Bonchev–Trinajstić information content (AvgIpc) is 3.12. The molecule has 1 atom stereocenters. The summed E-state index contributed by atoms with van der Waals surface area (Å²) in [4.78, 5) is 29.3. The largest absolute Gasteiger partial charge is 0.312 e. The normalized spacial score (nSPS) is 20.9. The smallest absolute Gasteiger partial charge is 0.232 e. The third kappa shape index (κ3) is 3.27. The van der Waals surface area contributed by atoms with E-state index in [4.69, 9.17) is 11.6 Å². The maximum absolute atomic E-state index is 13.3. The lowest BCUT2D eigenvalue weighted by Gasteiger charge is -2.23. The summed E-state index contributed by atoms with van der Waals surface area (Å²) < 4.78 is 1.01. The first-order valence-corrected chi connectivity index (χ1v) is 10.1. The Morgan fingerprint density at radius 1 is 1.22 bits per heavy atom. The van der Waals surface area contributed by atoms with E-state index in [1.54, 1.807) is 17.0 Å². The summed E-state index contributed by atoms with van der Waals surface area (Å²) in [7, 11) is 0. The van der Waals surface area contributed by atoms with Gasteiger partial charge in [-0.05, 0) is 42.0 Å². The van der Waals surface area contributed by atoms with Crippen LogP contribution in [0.5, 0.6) is 0 Å². The standard InChI is InChI=1S/C21H20BrClN2O2/c1-21(2)12-25(18-7-6-14(22)9-17(18)21)20(27)13-8-19(26)24(11-13)16-5-3-4-15(23)10-16/h3-7,9-10,13H,8,11-12H2,1-2H3. The molecular weight excluding hydrogens is 428 g/mol. The molecule has 0 N–H and O–H groups in total. The summed E-state index contributed by atoms with van der Waals surface area (Å²) >= 11 is 9.58. The number of nitrogens with zero attached hydrogens (tertiary/aromatic N) is 2. The summed E-state index contributed by atoms with van der Waals surface area (Å²) in [6.45, 7) is 5.30. The molecule has 2 aromatic carbocycles. The van der Waals surface area contributed by atoms with Crippen molar-refractivity contribution in [1.29, 1.82) is 0 Å². The minimum Gasteiger partial charge on any atom is -0.312 e. The van der Waals surface area contributed by atoms with Crippen LogP contribution in [0.4, 0.5) is 11.4 Å². The van der Waals surface area contributed by atoms with Crippen molar-refractivity contribution in [2.45, 2.75) is 25.7 Å². The first-order chi connectivity index (χ1) is 12.8. The molecule has 2 amide bonds. The van der Waals surface area contributed by atoms with Gasteiger partial charge in [-0.3, -0.25) is 9.59 Å². The number of carbonyl (C=O) groups is 2. The highest BCUT2D eigenvalue weighted by molar-refractivity contribution is 9.10. The molecule has 0 spiro atoms. The number of benzene rings is 2. The third-order valence-corrected chi connectivity index (χ3v) is 6.12. The summed E-state index contributed by atoms with van der Waals surface area (Å²) in [6, 6.07) is 13.2. The summed E-state index contributed by atoms with van der Waals surface area (Å²) in [5.74, 6) is -0.367. The molecule has 0 bridgehead atoms. The second kappa shape index (κ2) is 6.64. The van der Waals surface area contributed by atoms with Crippen LogP contribution in [0.3, 0.4) is 0 Å². The van der Waals surface area contributed by atoms with Crippen LogP contribution in [-0.2, 0) is 15.0 Å². The van der Waals surface area contributed by atoms with E-state index < -0.39 is 0 Å². The maximum Gasteiger partial charge on any atom is 0.232 e. The predicted molar refractivity (Wildman–Crippen MR) is 111 cm³/mol. The minimum atomic E-state index is -0.345. The number of fused-ring (bicyclic) bond motifs is 1. The molecule has 1 saturated heterocycles. The lowest BCUT2D eigenvalue weighted by atomic mass is 9.87. The van der Waals surface area contributed by atoms with Crippen LogP contribution in [0.15, 0.2) is 46.9 Å². The molecule has 0 aromatic heterocycles. The Bertz CT molecular complexity index is 944. The van der Waals surface area contributed by atoms with Crippen LogP contribution >= 0.6 is 27.5 Å². The van der Waals surface area contributed by atoms with Gasteiger partial charge in [0.05, 0.1) is 5.92 Å². The van der Waals surface area contributed by atoms with Gasteiger partial charge < -0.3 is 9.80 Å². The van der Waals surface area contributed by atoms with Gasteiger partial charge in [-0.2, -0.15) is 0 Å². The molecule has 4 nitrogen and oxygen atoms in total. The summed E-state index contributed by atoms with van der Waals surface area (Å²) in [5.41, 5.74) is 2.72. The molecule has 1 unspecified atom stereocenters. The molecule has 2 aromatic rings. The van der Waals surface area contributed by atoms with Crippen molar-refractivity contribution in [1.82, 2.24) is 0 Å². The molecule has 27 heavy (non-hydrogen) atoms. The fourth-order valence-corrected chi connectivity index (χ4v) is 4.58. The van der Waals surface area contributed by atoms with Gasteiger partial charge in [0.25, 0.3) is 0 Å². The topological polar surface area (TPSA) is 40.6 Å². The second-order valence-electron chi connectivity index (χ2n) is 7.85. The van der Waals surface area contributed by atoms with Gasteiger partial charge in [0.15, 0.2) is 0 Å². The Morgan fingerprint density at radius 3 is 2.74 bits per heavy atom. The van der Waals surface area contributed by atoms with E-state index in [1.165, 1.54) is 0 Å². The Labute approximate surface area is 172 Å². The molecule has 6 heteroatoms. The van der Waals surface area contributed by atoms with Crippen molar-refractivity contribution in [3.63, 3.8) is 0 Å². The highest BCUT2D eigenvalue weighted by Crippen LogP contribution is 2.43. The predicted octanol–water partition coefficient (Wildman–Crippen LogP) is 4.78. The van der Waals surface area contributed by atoms with Gasteiger partial charge in [-0.1, -0.05) is 47.4 Å². The molecule has 2 aliphatic rings. The zero-order valence-corrected chi connectivity index (χ0v) is 17.5. The SMILES string of the molecule is CC1(C)CN(C(=O)C2CC(=O)N(c3cccc(Cl)c3)C2)c2ccc(Br)cc21. The van der Waals surface area contributed by atoms with E-state index in [0.717, 1.165) is 21.4 Å². The number of hydrogen-bond donors (Lipinski definition) is 0. The van der Waals surface area contributed by atoms with E-state index in [-0.39, 0.29) is 29.6 Å². The molecule has 2 aliphatic heterocycles. The van der Waals surface area contributed by atoms with Gasteiger partial charge in [0.2, 0.25) is 11.8 Å². The molecule has 0 aliphatic carbocycles. The zero-order chi connectivity index (χ0) is 19.3. The number of rotatable bonds is 2. The molecule has 140 valence electrons. The number of anilines is 2. The first-order valence-electron chi connectivity index (χ1n) is 8.93. The average molecular weight is 448 g/mol.